The van der Waals surface area contributed by atoms with Crippen LogP contribution >= 0.6 is 0 Å². The summed E-state index contributed by atoms with van der Waals surface area (Å²) < 4.78 is 0. The fourth-order valence-corrected chi connectivity index (χ4v) is 3.43. The molecule has 0 radical (unpaired) electrons. The maximum Gasteiger partial charge on any atom is 0.0646 e. The summed E-state index contributed by atoms with van der Waals surface area (Å²) in [4.78, 5) is 0. The SMILES string of the molecule is C1CCCCC1.C=CC1CC1C(C(=N)c1ccccc1)=C(C)C. The Hall–Kier alpha value is -1.63. The number of nitrogens with one attached hydrogen (secondary N) is 1. The second-order valence-electron chi connectivity index (χ2n) is 7.02. The molecule has 1 N–H and O–H groups in total. The van der Waals surface area contributed by atoms with Crippen molar-refractivity contribution in [1.29, 1.82) is 5.41 Å². The fraction of sp³-hybridized carbons (Fsp3) is 0.500. The molecule has 2 fully saturated rings. The zero-order valence-corrected chi connectivity index (χ0v) is 14.8. The van der Waals surface area contributed by atoms with Gasteiger partial charge in [-0.2, -0.15) is 0 Å². The normalized spacial score (nSPS) is 22.3. The van der Waals surface area contributed by atoms with E-state index in [1.807, 2.05) is 36.4 Å². The van der Waals surface area contributed by atoms with E-state index in [-0.39, 0.29) is 0 Å². The van der Waals surface area contributed by atoms with Gasteiger partial charge in [0.1, 0.15) is 0 Å². The molecule has 124 valence electrons. The van der Waals surface area contributed by atoms with Crippen molar-refractivity contribution in [2.24, 2.45) is 11.8 Å². The van der Waals surface area contributed by atoms with E-state index in [1.54, 1.807) is 0 Å². The van der Waals surface area contributed by atoms with Gasteiger partial charge in [-0.3, -0.25) is 5.41 Å². The van der Waals surface area contributed by atoms with Crippen LogP contribution in [0, 0.1) is 17.2 Å². The Morgan fingerprint density at radius 3 is 1.91 bits per heavy atom. The minimum Gasteiger partial charge on any atom is -0.300 e. The topological polar surface area (TPSA) is 23.9 Å². The van der Waals surface area contributed by atoms with Crippen molar-refractivity contribution in [1.82, 2.24) is 0 Å². The van der Waals surface area contributed by atoms with E-state index in [0.717, 1.165) is 12.0 Å². The van der Waals surface area contributed by atoms with Gasteiger partial charge < -0.3 is 0 Å². The largest absolute Gasteiger partial charge is 0.300 e. The molecule has 0 amide bonds. The third kappa shape index (κ3) is 5.20. The maximum atomic E-state index is 8.36. The van der Waals surface area contributed by atoms with Gasteiger partial charge in [-0.1, -0.05) is 80.5 Å². The smallest absolute Gasteiger partial charge is 0.0646 e. The van der Waals surface area contributed by atoms with Gasteiger partial charge in [0, 0.05) is 0 Å². The molecule has 23 heavy (non-hydrogen) atoms. The lowest BCUT2D eigenvalue weighted by Gasteiger charge is -2.11. The molecule has 3 rings (SSSR count). The lowest BCUT2D eigenvalue weighted by molar-refractivity contribution is 0.504. The number of hydrogen-bond donors (Lipinski definition) is 1. The van der Waals surface area contributed by atoms with Gasteiger partial charge >= 0.3 is 0 Å². The van der Waals surface area contributed by atoms with Crippen LogP contribution in [0.25, 0.3) is 0 Å². The molecule has 0 heterocycles. The average molecular weight is 309 g/mol. The van der Waals surface area contributed by atoms with Crippen LogP contribution in [-0.2, 0) is 0 Å². The predicted octanol–water partition coefficient (Wildman–Crippen LogP) is 6.55. The first-order valence-electron chi connectivity index (χ1n) is 9.09. The first-order chi connectivity index (χ1) is 11.1. The maximum absolute atomic E-state index is 8.36. The first kappa shape index (κ1) is 17.7. The molecule has 1 aromatic rings. The highest BCUT2D eigenvalue weighted by Crippen LogP contribution is 2.46. The molecule has 2 unspecified atom stereocenters. The second-order valence-corrected chi connectivity index (χ2v) is 7.02. The number of rotatable bonds is 4. The molecule has 0 spiro atoms. The second kappa shape index (κ2) is 8.86. The van der Waals surface area contributed by atoms with Gasteiger partial charge in [-0.05, 0) is 43.2 Å². The molecule has 0 saturated heterocycles. The van der Waals surface area contributed by atoms with Crippen LogP contribution < -0.4 is 0 Å². The predicted molar refractivity (Wildman–Crippen MR) is 101 cm³/mol. The first-order valence-corrected chi connectivity index (χ1v) is 9.09. The zero-order chi connectivity index (χ0) is 16.7. The highest BCUT2D eigenvalue weighted by atomic mass is 14.5. The van der Waals surface area contributed by atoms with E-state index in [9.17, 15) is 0 Å². The molecule has 2 saturated carbocycles. The standard InChI is InChI=1S/C16H19N.C6H12/c1-4-12-10-14(12)15(11(2)3)16(17)13-8-6-5-7-9-13;1-2-4-6-5-3-1/h4-9,12,14,17H,1,10H2,2-3H3;1-6H2. The summed E-state index contributed by atoms with van der Waals surface area (Å²) >= 11 is 0. The lowest BCUT2D eigenvalue weighted by atomic mass is 9.94. The van der Waals surface area contributed by atoms with Gasteiger partial charge in [0.25, 0.3) is 0 Å². The molecule has 2 aliphatic carbocycles. The van der Waals surface area contributed by atoms with E-state index in [4.69, 9.17) is 5.41 Å². The van der Waals surface area contributed by atoms with Crippen LogP contribution in [0.15, 0.2) is 54.1 Å². The number of allylic oxidation sites excluding steroid dienone is 3. The van der Waals surface area contributed by atoms with E-state index < -0.39 is 0 Å². The molecule has 1 nitrogen and oxygen atoms in total. The van der Waals surface area contributed by atoms with E-state index in [0.29, 0.717) is 17.5 Å². The Morgan fingerprint density at radius 2 is 1.52 bits per heavy atom. The third-order valence-corrected chi connectivity index (χ3v) is 4.88. The molecular formula is C22H31N. The van der Waals surface area contributed by atoms with Crippen molar-refractivity contribution >= 4 is 5.71 Å². The van der Waals surface area contributed by atoms with E-state index >= 15 is 0 Å². The molecule has 1 aromatic carbocycles. The van der Waals surface area contributed by atoms with Gasteiger partial charge in [0.05, 0.1) is 5.71 Å². The van der Waals surface area contributed by atoms with Crippen molar-refractivity contribution in [2.75, 3.05) is 0 Å². The minimum atomic E-state index is 0.519. The highest BCUT2D eigenvalue weighted by Gasteiger charge is 2.39. The third-order valence-electron chi connectivity index (χ3n) is 4.88. The Bertz CT molecular complexity index is 533. The van der Waals surface area contributed by atoms with Gasteiger partial charge in [-0.15, -0.1) is 6.58 Å². The van der Waals surface area contributed by atoms with Crippen molar-refractivity contribution in [2.45, 2.75) is 58.8 Å². The van der Waals surface area contributed by atoms with E-state index in [1.165, 1.54) is 49.7 Å². The monoisotopic (exact) mass is 309 g/mol. The van der Waals surface area contributed by atoms with Gasteiger partial charge in [-0.25, -0.2) is 0 Å². The molecule has 0 aromatic heterocycles. The summed E-state index contributed by atoms with van der Waals surface area (Å²) in [5.74, 6) is 1.09. The minimum absolute atomic E-state index is 0.519. The Kier molecular flexibility index (Phi) is 6.83. The molecular weight excluding hydrogens is 278 g/mol. The average Bonchev–Trinajstić information content (AvgIpc) is 3.37. The summed E-state index contributed by atoms with van der Waals surface area (Å²) in [7, 11) is 0. The quantitative estimate of drug-likeness (QED) is 0.481. The Labute approximate surface area is 142 Å². The van der Waals surface area contributed by atoms with Crippen molar-refractivity contribution < 1.29 is 0 Å². The summed E-state index contributed by atoms with van der Waals surface area (Å²) in [5, 5.41) is 8.36. The summed E-state index contributed by atoms with van der Waals surface area (Å²) in [6.07, 6.45) is 12.2. The highest BCUT2D eigenvalue weighted by molar-refractivity contribution is 6.11. The lowest BCUT2D eigenvalue weighted by Crippen LogP contribution is -2.08. The van der Waals surface area contributed by atoms with Crippen LogP contribution in [0.2, 0.25) is 0 Å². The fourth-order valence-electron chi connectivity index (χ4n) is 3.43. The zero-order valence-electron chi connectivity index (χ0n) is 14.8. The van der Waals surface area contributed by atoms with Crippen LogP contribution in [0.5, 0.6) is 0 Å². The summed E-state index contributed by atoms with van der Waals surface area (Å²) in [6.45, 7) is 8.06. The van der Waals surface area contributed by atoms with Crippen LogP contribution in [-0.4, -0.2) is 5.71 Å². The van der Waals surface area contributed by atoms with Crippen LogP contribution in [0.4, 0.5) is 0 Å². The van der Waals surface area contributed by atoms with Crippen LogP contribution in [0.1, 0.15) is 64.4 Å². The molecule has 2 atom stereocenters. The molecule has 0 bridgehead atoms. The van der Waals surface area contributed by atoms with Gasteiger partial charge in [0.2, 0.25) is 0 Å². The number of hydrogen-bond acceptors (Lipinski definition) is 1. The summed E-state index contributed by atoms with van der Waals surface area (Å²) in [6, 6.07) is 9.99. The Balaban J connectivity index is 0.000000268. The molecule has 2 aliphatic rings. The van der Waals surface area contributed by atoms with Crippen molar-refractivity contribution in [3.63, 3.8) is 0 Å². The van der Waals surface area contributed by atoms with Crippen LogP contribution in [0.3, 0.4) is 0 Å². The number of benzene rings is 1. The van der Waals surface area contributed by atoms with Crippen molar-refractivity contribution in [3.8, 4) is 0 Å². The van der Waals surface area contributed by atoms with Gasteiger partial charge in [0.15, 0.2) is 0 Å². The molecule has 0 aliphatic heterocycles. The van der Waals surface area contributed by atoms with Crippen molar-refractivity contribution in [3.05, 3.63) is 59.7 Å². The Morgan fingerprint density at radius 1 is 1.00 bits per heavy atom. The van der Waals surface area contributed by atoms with E-state index in [2.05, 4.69) is 20.4 Å². The molecule has 1 heteroatoms. The summed E-state index contributed by atoms with van der Waals surface area (Å²) in [5.41, 5.74) is 4.16.